The number of ketones is 1. The molecule has 128 valence electrons. The number of carbonyl (C=O) groups excluding carboxylic acids is 1. The number of hydrogen-bond donors (Lipinski definition) is 0. The Morgan fingerprint density at radius 3 is 2.92 bits per heavy atom. The molecule has 1 aromatic rings. The van der Waals surface area contributed by atoms with E-state index in [1.165, 1.54) is 11.1 Å². The van der Waals surface area contributed by atoms with E-state index in [9.17, 15) is 4.79 Å². The highest BCUT2D eigenvalue weighted by Crippen LogP contribution is 2.62. The second-order valence-electron chi connectivity index (χ2n) is 7.97. The highest BCUT2D eigenvalue weighted by atomic mass is 16.5. The number of ether oxygens (including phenoxy) is 1. The molecule has 3 aliphatic carbocycles. The first-order valence-electron chi connectivity index (χ1n) is 9.47. The molecule has 0 bridgehead atoms. The minimum Gasteiger partial charge on any atom is -0.497 e. The molecule has 2 heteroatoms. The van der Waals surface area contributed by atoms with E-state index in [-0.39, 0.29) is 5.41 Å². The number of hydrogen-bond acceptors (Lipinski definition) is 2. The van der Waals surface area contributed by atoms with Gasteiger partial charge in [-0.15, -0.1) is 6.58 Å². The first kappa shape index (κ1) is 15.9. The number of Topliss-reactive ketones (excluding diaryl/α,β-unsaturated/α-hetero) is 1. The number of methoxy groups -OCH3 is 1. The first-order valence-corrected chi connectivity index (χ1v) is 9.47. The van der Waals surface area contributed by atoms with Crippen LogP contribution in [-0.4, -0.2) is 12.9 Å². The molecule has 2 fully saturated rings. The van der Waals surface area contributed by atoms with Crippen LogP contribution in [0.2, 0.25) is 0 Å². The van der Waals surface area contributed by atoms with Gasteiger partial charge in [0.15, 0.2) is 0 Å². The Labute approximate surface area is 145 Å². The molecule has 1 aromatic carbocycles. The highest BCUT2D eigenvalue weighted by Gasteiger charge is 2.57. The van der Waals surface area contributed by atoms with Crippen LogP contribution in [0.25, 0.3) is 0 Å². The fourth-order valence-corrected chi connectivity index (χ4v) is 6.26. The number of benzene rings is 1. The van der Waals surface area contributed by atoms with Gasteiger partial charge in [0, 0.05) is 11.8 Å². The number of fused-ring (bicyclic) bond motifs is 5. The number of rotatable bonds is 3. The zero-order chi connectivity index (χ0) is 16.9. The molecular formula is C22H28O2. The minimum absolute atomic E-state index is 0.0353. The van der Waals surface area contributed by atoms with Crippen molar-refractivity contribution in [3.8, 4) is 5.75 Å². The monoisotopic (exact) mass is 324 g/mol. The molecule has 0 aliphatic heterocycles. The van der Waals surface area contributed by atoms with Crippen molar-refractivity contribution in [1.29, 1.82) is 0 Å². The topological polar surface area (TPSA) is 26.3 Å². The van der Waals surface area contributed by atoms with Crippen LogP contribution < -0.4 is 4.74 Å². The van der Waals surface area contributed by atoms with E-state index in [1.54, 1.807) is 7.11 Å². The number of carbonyl (C=O) groups is 1. The Hall–Kier alpha value is -1.57. The van der Waals surface area contributed by atoms with Crippen LogP contribution in [0.1, 0.15) is 56.1 Å². The van der Waals surface area contributed by atoms with Crippen molar-refractivity contribution in [2.24, 2.45) is 23.2 Å². The second kappa shape index (κ2) is 5.75. The van der Waals surface area contributed by atoms with Gasteiger partial charge in [0.1, 0.15) is 11.5 Å². The maximum Gasteiger partial charge on any atom is 0.139 e. The van der Waals surface area contributed by atoms with Gasteiger partial charge < -0.3 is 4.74 Å². The van der Waals surface area contributed by atoms with Crippen LogP contribution in [0.3, 0.4) is 0 Å². The van der Waals surface area contributed by atoms with Crippen molar-refractivity contribution in [2.75, 3.05) is 7.11 Å². The fourth-order valence-electron chi connectivity index (χ4n) is 6.26. The van der Waals surface area contributed by atoms with Crippen molar-refractivity contribution in [2.45, 2.75) is 51.4 Å². The summed E-state index contributed by atoms with van der Waals surface area (Å²) in [5.74, 6) is 3.69. The summed E-state index contributed by atoms with van der Waals surface area (Å²) < 4.78 is 5.43. The smallest absolute Gasteiger partial charge is 0.139 e. The summed E-state index contributed by atoms with van der Waals surface area (Å²) in [6, 6.07) is 6.59. The quantitative estimate of drug-likeness (QED) is 0.738. The summed E-state index contributed by atoms with van der Waals surface area (Å²) in [5, 5.41) is 0. The van der Waals surface area contributed by atoms with Gasteiger partial charge in [-0.1, -0.05) is 19.1 Å². The molecule has 0 saturated heterocycles. The lowest BCUT2D eigenvalue weighted by Gasteiger charge is -2.52. The van der Waals surface area contributed by atoms with Crippen LogP contribution in [0.5, 0.6) is 5.75 Å². The summed E-state index contributed by atoms with van der Waals surface area (Å²) in [7, 11) is 1.73. The normalized spacial score (nSPS) is 37.3. The van der Waals surface area contributed by atoms with Crippen molar-refractivity contribution in [1.82, 2.24) is 0 Å². The zero-order valence-electron chi connectivity index (χ0n) is 14.9. The van der Waals surface area contributed by atoms with E-state index in [2.05, 4.69) is 37.8 Å². The Balaban J connectivity index is 1.78. The lowest BCUT2D eigenvalue weighted by atomic mass is 9.51. The summed E-state index contributed by atoms with van der Waals surface area (Å²) in [6.45, 7) is 6.38. The van der Waals surface area contributed by atoms with Gasteiger partial charge in [-0.3, -0.25) is 4.79 Å². The van der Waals surface area contributed by atoms with E-state index < -0.39 is 0 Å². The van der Waals surface area contributed by atoms with Gasteiger partial charge in [-0.05, 0) is 79.0 Å². The largest absolute Gasteiger partial charge is 0.497 e. The van der Waals surface area contributed by atoms with Gasteiger partial charge in [0.25, 0.3) is 0 Å². The van der Waals surface area contributed by atoms with Crippen molar-refractivity contribution >= 4 is 5.78 Å². The van der Waals surface area contributed by atoms with E-state index in [0.717, 1.165) is 44.3 Å². The third kappa shape index (κ3) is 2.04. The third-order valence-electron chi connectivity index (χ3n) is 7.41. The Morgan fingerprint density at radius 2 is 2.21 bits per heavy atom. The Bertz CT molecular complexity index is 677. The standard InChI is InChI=1S/C22H28O2/c1-4-14-12-15-13-16(24-3)6-7-17(15)18-10-11-22(5-2)19(21(14)18)8-9-20(22)23/h4,6-7,13-14,18-19,21H,1,5,8-12H2,2-3H3/t14-,18-,19+,21-,22+/m1/s1. The van der Waals surface area contributed by atoms with Gasteiger partial charge in [-0.2, -0.15) is 0 Å². The molecule has 0 unspecified atom stereocenters. The van der Waals surface area contributed by atoms with Gasteiger partial charge in [0.05, 0.1) is 7.11 Å². The molecule has 0 aromatic heterocycles. The van der Waals surface area contributed by atoms with Crippen molar-refractivity contribution in [3.63, 3.8) is 0 Å². The molecule has 2 saturated carbocycles. The van der Waals surface area contributed by atoms with Crippen LogP contribution in [0.4, 0.5) is 0 Å². The van der Waals surface area contributed by atoms with Crippen molar-refractivity contribution < 1.29 is 9.53 Å². The van der Waals surface area contributed by atoms with E-state index in [4.69, 9.17) is 4.74 Å². The molecule has 0 spiro atoms. The molecule has 0 heterocycles. The lowest BCUT2D eigenvalue weighted by molar-refractivity contribution is -0.131. The van der Waals surface area contributed by atoms with Crippen LogP contribution in [0, 0.1) is 23.2 Å². The molecular weight excluding hydrogens is 296 g/mol. The molecule has 5 atom stereocenters. The van der Waals surface area contributed by atoms with Crippen LogP contribution in [-0.2, 0) is 11.2 Å². The second-order valence-corrected chi connectivity index (χ2v) is 7.97. The summed E-state index contributed by atoms with van der Waals surface area (Å²) >= 11 is 0. The molecule has 0 radical (unpaired) electrons. The first-order chi connectivity index (χ1) is 11.6. The molecule has 4 rings (SSSR count). The SMILES string of the molecule is C=C[C@@H]1Cc2cc(OC)ccc2[C@H]2CC[C@]3(CC)C(=O)CC[C@H]3[C@H]12. The third-order valence-corrected chi connectivity index (χ3v) is 7.41. The molecule has 3 aliphatic rings. The van der Waals surface area contributed by atoms with Crippen LogP contribution >= 0.6 is 0 Å². The van der Waals surface area contributed by atoms with E-state index >= 15 is 0 Å². The lowest BCUT2D eigenvalue weighted by Crippen LogP contribution is -2.46. The maximum atomic E-state index is 12.7. The minimum atomic E-state index is -0.0353. The fraction of sp³-hybridized carbons (Fsp3) is 0.591. The zero-order valence-corrected chi connectivity index (χ0v) is 14.9. The molecule has 0 amide bonds. The Kier molecular flexibility index (Phi) is 3.82. The van der Waals surface area contributed by atoms with Crippen molar-refractivity contribution in [3.05, 3.63) is 42.0 Å². The Morgan fingerprint density at radius 1 is 1.38 bits per heavy atom. The van der Waals surface area contributed by atoms with Gasteiger partial charge in [-0.25, -0.2) is 0 Å². The van der Waals surface area contributed by atoms with Crippen LogP contribution in [0.15, 0.2) is 30.9 Å². The average molecular weight is 324 g/mol. The number of allylic oxidation sites excluding steroid dienone is 1. The van der Waals surface area contributed by atoms with E-state index in [1.807, 2.05) is 0 Å². The highest BCUT2D eigenvalue weighted by molar-refractivity contribution is 5.87. The predicted octanol–water partition coefficient (Wildman–Crippen LogP) is 4.92. The summed E-state index contributed by atoms with van der Waals surface area (Å²) in [6.07, 6.45) is 8.31. The van der Waals surface area contributed by atoms with Gasteiger partial charge >= 0.3 is 0 Å². The summed E-state index contributed by atoms with van der Waals surface area (Å²) in [4.78, 5) is 12.7. The molecule has 24 heavy (non-hydrogen) atoms. The summed E-state index contributed by atoms with van der Waals surface area (Å²) in [5.41, 5.74) is 2.89. The maximum absolute atomic E-state index is 12.7. The molecule has 0 N–H and O–H groups in total. The van der Waals surface area contributed by atoms with Gasteiger partial charge in [0.2, 0.25) is 0 Å². The predicted molar refractivity (Wildman–Crippen MR) is 96.3 cm³/mol. The molecule has 2 nitrogen and oxygen atoms in total. The average Bonchev–Trinajstić information content (AvgIpc) is 2.97. The van der Waals surface area contributed by atoms with E-state index in [0.29, 0.717) is 29.5 Å².